The highest BCUT2D eigenvalue weighted by Crippen LogP contribution is 2.21. The van der Waals surface area contributed by atoms with Crippen LogP contribution in [-0.2, 0) is 0 Å². The van der Waals surface area contributed by atoms with Crippen molar-refractivity contribution in [2.24, 2.45) is 0 Å². The standard InChI is InChI=1S/C14H21NO/c1-6-7-15-14(16)13-11(4)9(2)8-10(3)12(13)5/h8H,6-7H2,1-5H3,(H,15,16). The molecule has 0 saturated heterocycles. The van der Waals surface area contributed by atoms with Crippen LogP contribution in [0.4, 0.5) is 0 Å². The van der Waals surface area contributed by atoms with Crippen LogP contribution in [0, 0.1) is 27.7 Å². The van der Waals surface area contributed by atoms with Crippen LogP contribution in [0.2, 0.25) is 0 Å². The van der Waals surface area contributed by atoms with Gasteiger partial charge in [0, 0.05) is 12.1 Å². The maximum absolute atomic E-state index is 12.0. The first-order valence-electron chi connectivity index (χ1n) is 5.84. The van der Waals surface area contributed by atoms with Gasteiger partial charge in [-0.05, 0) is 56.4 Å². The lowest BCUT2D eigenvalue weighted by atomic mass is 9.94. The molecule has 0 spiro atoms. The topological polar surface area (TPSA) is 29.1 Å². The second-order valence-corrected chi connectivity index (χ2v) is 4.39. The summed E-state index contributed by atoms with van der Waals surface area (Å²) < 4.78 is 0. The van der Waals surface area contributed by atoms with Crippen LogP contribution in [0.3, 0.4) is 0 Å². The van der Waals surface area contributed by atoms with E-state index in [-0.39, 0.29) is 5.91 Å². The number of rotatable bonds is 3. The molecular weight excluding hydrogens is 198 g/mol. The molecule has 0 radical (unpaired) electrons. The Hall–Kier alpha value is -1.31. The summed E-state index contributed by atoms with van der Waals surface area (Å²) in [5.41, 5.74) is 5.41. The minimum Gasteiger partial charge on any atom is -0.352 e. The first kappa shape index (κ1) is 12.8. The molecule has 88 valence electrons. The molecule has 1 rings (SSSR count). The maximum atomic E-state index is 12.0. The maximum Gasteiger partial charge on any atom is 0.251 e. The molecule has 0 aliphatic heterocycles. The molecule has 0 atom stereocenters. The van der Waals surface area contributed by atoms with Crippen molar-refractivity contribution in [2.45, 2.75) is 41.0 Å². The summed E-state index contributed by atoms with van der Waals surface area (Å²) in [5.74, 6) is 0.0589. The molecule has 0 aromatic heterocycles. The summed E-state index contributed by atoms with van der Waals surface area (Å²) in [6, 6.07) is 2.14. The van der Waals surface area contributed by atoms with Gasteiger partial charge >= 0.3 is 0 Å². The van der Waals surface area contributed by atoms with Crippen molar-refractivity contribution < 1.29 is 4.79 Å². The van der Waals surface area contributed by atoms with Crippen LogP contribution in [-0.4, -0.2) is 12.5 Å². The number of nitrogens with one attached hydrogen (secondary N) is 1. The van der Waals surface area contributed by atoms with Gasteiger partial charge in [-0.1, -0.05) is 13.0 Å². The Bertz CT molecular complexity index is 381. The Balaban J connectivity index is 3.16. The zero-order chi connectivity index (χ0) is 12.3. The normalized spacial score (nSPS) is 10.3. The smallest absolute Gasteiger partial charge is 0.251 e. The molecular formula is C14H21NO. The Morgan fingerprint density at radius 3 is 2.06 bits per heavy atom. The van der Waals surface area contributed by atoms with Gasteiger partial charge in [-0.15, -0.1) is 0 Å². The number of carbonyl (C=O) groups excluding carboxylic acids is 1. The number of benzene rings is 1. The van der Waals surface area contributed by atoms with Crippen molar-refractivity contribution in [3.05, 3.63) is 33.9 Å². The molecule has 0 fully saturated rings. The van der Waals surface area contributed by atoms with Crippen LogP contribution in [0.1, 0.15) is 46.0 Å². The quantitative estimate of drug-likeness (QED) is 0.831. The summed E-state index contributed by atoms with van der Waals surface area (Å²) >= 11 is 0. The first-order valence-corrected chi connectivity index (χ1v) is 5.84. The Morgan fingerprint density at radius 2 is 1.62 bits per heavy atom. The van der Waals surface area contributed by atoms with Crippen LogP contribution in [0.25, 0.3) is 0 Å². The van der Waals surface area contributed by atoms with Crippen LogP contribution >= 0.6 is 0 Å². The molecule has 0 aliphatic rings. The van der Waals surface area contributed by atoms with Crippen molar-refractivity contribution in [1.82, 2.24) is 5.32 Å². The van der Waals surface area contributed by atoms with E-state index in [1.165, 1.54) is 11.1 Å². The minimum absolute atomic E-state index is 0.0589. The molecule has 2 heteroatoms. The molecule has 2 nitrogen and oxygen atoms in total. The SMILES string of the molecule is CCCNC(=O)c1c(C)c(C)cc(C)c1C. The fourth-order valence-electron chi connectivity index (χ4n) is 1.88. The van der Waals surface area contributed by atoms with Gasteiger partial charge in [0.15, 0.2) is 0 Å². The Morgan fingerprint density at radius 1 is 1.12 bits per heavy atom. The highest BCUT2D eigenvalue weighted by molar-refractivity contribution is 5.97. The van der Waals surface area contributed by atoms with E-state index in [0.717, 1.165) is 29.7 Å². The number of amides is 1. The highest BCUT2D eigenvalue weighted by atomic mass is 16.1. The third-order valence-electron chi connectivity index (χ3n) is 3.13. The molecule has 1 amide bonds. The number of carbonyl (C=O) groups is 1. The summed E-state index contributed by atoms with van der Waals surface area (Å²) in [6.45, 7) is 10.9. The molecule has 0 heterocycles. The van der Waals surface area contributed by atoms with E-state index in [0.29, 0.717) is 0 Å². The van der Waals surface area contributed by atoms with E-state index < -0.39 is 0 Å². The average molecular weight is 219 g/mol. The molecule has 1 N–H and O–H groups in total. The van der Waals surface area contributed by atoms with Gasteiger partial charge in [-0.2, -0.15) is 0 Å². The van der Waals surface area contributed by atoms with Gasteiger partial charge in [0.2, 0.25) is 0 Å². The summed E-state index contributed by atoms with van der Waals surface area (Å²) in [4.78, 5) is 12.0. The van der Waals surface area contributed by atoms with Gasteiger partial charge < -0.3 is 5.32 Å². The fraction of sp³-hybridized carbons (Fsp3) is 0.500. The number of aryl methyl sites for hydroxylation is 2. The molecule has 16 heavy (non-hydrogen) atoms. The van der Waals surface area contributed by atoms with Gasteiger partial charge in [-0.25, -0.2) is 0 Å². The average Bonchev–Trinajstić information content (AvgIpc) is 2.24. The first-order chi connectivity index (χ1) is 7.49. The minimum atomic E-state index is 0.0589. The van der Waals surface area contributed by atoms with Gasteiger partial charge in [-0.3, -0.25) is 4.79 Å². The van der Waals surface area contributed by atoms with Crippen molar-refractivity contribution in [3.8, 4) is 0 Å². The van der Waals surface area contributed by atoms with Gasteiger partial charge in [0.05, 0.1) is 0 Å². The summed E-state index contributed by atoms with van der Waals surface area (Å²) in [5, 5.41) is 2.95. The van der Waals surface area contributed by atoms with E-state index in [4.69, 9.17) is 0 Å². The molecule has 1 aromatic carbocycles. The summed E-state index contributed by atoms with van der Waals surface area (Å²) in [7, 11) is 0. The predicted molar refractivity (Wildman–Crippen MR) is 68.0 cm³/mol. The van der Waals surface area contributed by atoms with Crippen molar-refractivity contribution in [1.29, 1.82) is 0 Å². The van der Waals surface area contributed by atoms with E-state index in [1.807, 2.05) is 13.8 Å². The van der Waals surface area contributed by atoms with E-state index in [2.05, 4.69) is 32.2 Å². The number of hydrogen-bond acceptors (Lipinski definition) is 1. The second kappa shape index (κ2) is 5.15. The van der Waals surface area contributed by atoms with Crippen molar-refractivity contribution in [2.75, 3.05) is 6.54 Å². The second-order valence-electron chi connectivity index (χ2n) is 4.39. The molecule has 0 unspecified atom stereocenters. The highest BCUT2D eigenvalue weighted by Gasteiger charge is 2.14. The van der Waals surface area contributed by atoms with Crippen LogP contribution in [0.15, 0.2) is 6.07 Å². The monoisotopic (exact) mass is 219 g/mol. The van der Waals surface area contributed by atoms with E-state index in [9.17, 15) is 4.79 Å². The summed E-state index contributed by atoms with van der Waals surface area (Å²) in [6.07, 6.45) is 0.967. The molecule has 1 aromatic rings. The van der Waals surface area contributed by atoms with Crippen LogP contribution in [0.5, 0.6) is 0 Å². The predicted octanol–water partition coefficient (Wildman–Crippen LogP) is 3.06. The van der Waals surface area contributed by atoms with Crippen molar-refractivity contribution in [3.63, 3.8) is 0 Å². The zero-order valence-corrected chi connectivity index (χ0v) is 10.9. The molecule has 0 bridgehead atoms. The molecule has 0 aliphatic carbocycles. The third kappa shape index (κ3) is 2.43. The Labute approximate surface area is 98.1 Å². The van der Waals surface area contributed by atoms with E-state index >= 15 is 0 Å². The van der Waals surface area contributed by atoms with Gasteiger partial charge in [0.1, 0.15) is 0 Å². The van der Waals surface area contributed by atoms with E-state index in [1.54, 1.807) is 0 Å². The lowest BCUT2D eigenvalue weighted by Crippen LogP contribution is -2.26. The van der Waals surface area contributed by atoms with Gasteiger partial charge in [0.25, 0.3) is 5.91 Å². The zero-order valence-electron chi connectivity index (χ0n) is 10.9. The Kier molecular flexibility index (Phi) is 4.11. The lowest BCUT2D eigenvalue weighted by Gasteiger charge is -2.14. The fourth-order valence-corrected chi connectivity index (χ4v) is 1.88. The molecule has 0 saturated carbocycles. The van der Waals surface area contributed by atoms with Crippen LogP contribution < -0.4 is 5.32 Å². The largest absolute Gasteiger partial charge is 0.352 e. The third-order valence-corrected chi connectivity index (χ3v) is 3.13. The van der Waals surface area contributed by atoms with Crippen molar-refractivity contribution >= 4 is 5.91 Å². The lowest BCUT2D eigenvalue weighted by molar-refractivity contribution is 0.0952. The number of hydrogen-bond donors (Lipinski definition) is 1.